The lowest BCUT2D eigenvalue weighted by Gasteiger charge is -2.22. The molecule has 3 heteroatoms. The van der Waals surface area contributed by atoms with Crippen molar-refractivity contribution in [1.29, 1.82) is 0 Å². The highest BCUT2D eigenvalue weighted by Crippen LogP contribution is 2.17. The number of benzene rings is 1. The summed E-state index contributed by atoms with van der Waals surface area (Å²) in [6.07, 6.45) is 5.83. The monoisotopic (exact) mass is 268 g/mol. The van der Waals surface area contributed by atoms with E-state index in [1.807, 2.05) is 30.6 Å². The van der Waals surface area contributed by atoms with Gasteiger partial charge in [-0.2, -0.15) is 0 Å². The summed E-state index contributed by atoms with van der Waals surface area (Å²) in [6.45, 7) is 6.91. The average molecular weight is 268 g/mol. The zero-order valence-corrected chi connectivity index (χ0v) is 12.7. The van der Waals surface area contributed by atoms with Crippen LogP contribution in [0.2, 0.25) is 19.6 Å². The van der Waals surface area contributed by atoms with Crippen LogP contribution in [0, 0.1) is 0 Å². The van der Waals surface area contributed by atoms with Crippen LogP contribution in [0.4, 0.5) is 0 Å². The summed E-state index contributed by atoms with van der Waals surface area (Å²) in [7, 11) is -1.39. The standard InChI is InChI=1S/C16H20N2Si/c1-19(2,3)18-16(15-7-5-4-6-8-15)13-14-9-11-17-12-10-14/h4-13,18H,1-3H3/b16-13+. The topological polar surface area (TPSA) is 24.9 Å². The lowest BCUT2D eigenvalue weighted by atomic mass is 10.1. The highest BCUT2D eigenvalue weighted by Gasteiger charge is 2.15. The molecule has 19 heavy (non-hydrogen) atoms. The van der Waals surface area contributed by atoms with Crippen LogP contribution in [0.25, 0.3) is 11.8 Å². The Hall–Kier alpha value is -1.87. The van der Waals surface area contributed by atoms with Crippen LogP contribution in [-0.4, -0.2) is 13.2 Å². The molecular formula is C16H20N2Si. The van der Waals surface area contributed by atoms with Crippen molar-refractivity contribution in [2.75, 3.05) is 0 Å². The van der Waals surface area contributed by atoms with E-state index in [1.54, 1.807) is 0 Å². The summed E-state index contributed by atoms with van der Waals surface area (Å²) in [4.78, 5) is 7.76. The Morgan fingerprint density at radius 3 is 2.21 bits per heavy atom. The van der Waals surface area contributed by atoms with Gasteiger partial charge in [-0.3, -0.25) is 4.98 Å². The van der Waals surface area contributed by atoms with Crippen molar-refractivity contribution < 1.29 is 0 Å². The molecule has 0 radical (unpaired) electrons. The second-order valence-electron chi connectivity index (χ2n) is 5.58. The lowest BCUT2D eigenvalue weighted by Crippen LogP contribution is -2.39. The second-order valence-corrected chi connectivity index (χ2v) is 10.3. The summed E-state index contributed by atoms with van der Waals surface area (Å²) < 4.78 is 0. The minimum absolute atomic E-state index is 1.17. The Morgan fingerprint density at radius 1 is 1.00 bits per heavy atom. The molecular weight excluding hydrogens is 248 g/mol. The van der Waals surface area contributed by atoms with Crippen molar-refractivity contribution in [2.45, 2.75) is 19.6 Å². The van der Waals surface area contributed by atoms with Gasteiger partial charge in [0, 0.05) is 18.1 Å². The highest BCUT2D eigenvalue weighted by atomic mass is 28.3. The van der Waals surface area contributed by atoms with Crippen LogP contribution < -0.4 is 4.98 Å². The molecule has 0 unspecified atom stereocenters. The smallest absolute Gasteiger partial charge is 0.144 e. The summed E-state index contributed by atoms with van der Waals surface area (Å²) in [5, 5.41) is 0. The normalized spacial score (nSPS) is 12.3. The number of pyridine rings is 1. The van der Waals surface area contributed by atoms with Crippen molar-refractivity contribution in [1.82, 2.24) is 9.97 Å². The van der Waals surface area contributed by atoms with Gasteiger partial charge in [0.05, 0.1) is 0 Å². The molecule has 0 aliphatic heterocycles. The number of hydrogen-bond acceptors (Lipinski definition) is 2. The molecule has 98 valence electrons. The molecule has 0 atom stereocenters. The maximum absolute atomic E-state index is 4.06. The SMILES string of the molecule is C[Si](C)(C)N/C(=C/c1ccncc1)c1ccccc1. The molecule has 0 bridgehead atoms. The highest BCUT2D eigenvalue weighted by molar-refractivity contribution is 6.74. The third kappa shape index (κ3) is 4.37. The Morgan fingerprint density at radius 2 is 1.63 bits per heavy atom. The molecule has 0 fully saturated rings. The minimum atomic E-state index is -1.39. The van der Waals surface area contributed by atoms with Crippen LogP contribution in [0.3, 0.4) is 0 Å². The fourth-order valence-corrected chi connectivity index (χ4v) is 2.86. The lowest BCUT2D eigenvalue weighted by molar-refractivity contribution is 1.27. The Labute approximate surface area is 116 Å². The van der Waals surface area contributed by atoms with Crippen molar-refractivity contribution in [3.63, 3.8) is 0 Å². The van der Waals surface area contributed by atoms with E-state index >= 15 is 0 Å². The van der Waals surface area contributed by atoms with E-state index in [2.05, 4.69) is 59.9 Å². The number of hydrogen-bond donors (Lipinski definition) is 1. The first-order chi connectivity index (χ1) is 9.04. The maximum Gasteiger partial charge on any atom is 0.144 e. The molecule has 1 aromatic heterocycles. The molecule has 1 aromatic carbocycles. The van der Waals surface area contributed by atoms with Gasteiger partial charge in [-0.25, -0.2) is 0 Å². The van der Waals surface area contributed by atoms with Crippen molar-refractivity contribution in [3.05, 3.63) is 66.0 Å². The second kappa shape index (κ2) is 5.84. The van der Waals surface area contributed by atoms with Crippen LogP contribution >= 0.6 is 0 Å². The quantitative estimate of drug-likeness (QED) is 0.848. The summed E-state index contributed by atoms with van der Waals surface area (Å²) in [5.74, 6) is 0. The average Bonchev–Trinajstić information content (AvgIpc) is 2.39. The van der Waals surface area contributed by atoms with E-state index in [9.17, 15) is 0 Å². The molecule has 2 rings (SSSR count). The molecule has 1 heterocycles. The van der Waals surface area contributed by atoms with Crippen LogP contribution in [0.15, 0.2) is 54.9 Å². The van der Waals surface area contributed by atoms with Gasteiger partial charge in [-0.1, -0.05) is 50.0 Å². The Balaban J connectivity index is 2.38. The molecule has 0 amide bonds. The third-order valence-corrected chi connectivity index (χ3v) is 3.63. The molecule has 0 spiro atoms. The van der Waals surface area contributed by atoms with Gasteiger partial charge in [0.25, 0.3) is 0 Å². The zero-order valence-electron chi connectivity index (χ0n) is 11.7. The number of rotatable bonds is 4. The van der Waals surface area contributed by atoms with E-state index in [-0.39, 0.29) is 0 Å². The Kier molecular flexibility index (Phi) is 4.17. The predicted molar refractivity (Wildman–Crippen MR) is 85.0 cm³/mol. The minimum Gasteiger partial charge on any atom is -0.410 e. The molecule has 0 saturated heterocycles. The first-order valence-electron chi connectivity index (χ1n) is 6.50. The van der Waals surface area contributed by atoms with E-state index in [0.717, 1.165) is 0 Å². The molecule has 1 N–H and O–H groups in total. The number of aromatic nitrogens is 1. The van der Waals surface area contributed by atoms with Crippen molar-refractivity contribution in [2.24, 2.45) is 0 Å². The molecule has 0 aliphatic carbocycles. The van der Waals surface area contributed by atoms with Gasteiger partial charge < -0.3 is 4.98 Å². The van der Waals surface area contributed by atoms with Gasteiger partial charge >= 0.3 is 0 Å². The molecule has 0 saturated carbocycles. The van der Waals surface area contributed by atoms with E-state index in [1.165, 1.54) is 16.8 Å². The fourth-order valence-electron chi connectivity index (χ4n) is 1.84. The van der Waals surface area contributed by atoms with Gasteiger partial charge in [-0.05, 0) is 29.3 Å². The Bertz CT molecular complexity index is 542. The van der Waals surface area contributed by atoms with Gasteiger partial charge in [-0.15, -0.1) is 0 Å². The van der Waals surface area contributed by atoms with E-state index in [0.29, 0.717) is 0 Å². The van der Waals surface area contributed by atoms with Crippen LogP contribution in [0.5, 0.6) is 0 Å². The van der Waals surface area contributed by atoms with Gasteiger partial charge in [0.1, 0.15) is 8.24 Å². The zero-order chi connectivity index (χ0) is 13.7. The number of nitrogens with zero attached hydrogens (tertiary/aromatic N) is 1. The van der Waals surface area contributed by atoms with Crippen LogP contribution in [-0.2, 0) is 0 Å². The summed E-state index contributed by atoms with van der Waals surface area (Å²) in [5.41, 5.74) is 3.58. The van der Waals surface area contributed by atoms with Crippen molar-refractivity contribution >= 4 is 20.0 Å². The van der Waals surface area contributed by atoms with Gasteiger partial charge in [0.15, 0.2) is 0 Å². The molecule has 2 aromatic rings. The third-order valence-electron chi connectivity index (χ3n) is 2.61. The fraction of sp³-hybridized carbons (Fsp3) is 0.188. The van der Waals surface area contributed by atoms with E-state index in [4.69, 9.17) is 0 Å². The van der Waals surface area contributed by atoms with Crippen LogP contribution in [0.1, 0.15) is 11.1 Å². The summed E-state index contributed by atoms with van der Waals surface area (Å²) in [6, 6.07) is 14.5. The maximum atomic E-state index is 4.06. The predicted octanol–water partition coefficient (Wildman–Crippen LogP) is 4.00. The first-order valence-corrected chi connectivity index (χ1v) is 10.00. The summed E-state index contributed by atoms with van der Waals surface area (Å²) >= 11 is 0. The molecule has 2 nitrogen and oxygen atoms in total. The van der Waals surface area contributed by atoms with Crippen molar-refractivity contribution in [3.8, 4) is 0 Å². The van der Waals surface area contributed by atoms with E-state index < -0.39 is 8.24 Å². The van der Waals surface area contributed by atoms with Gasteiger partial charge in [0.2, 0.25) is 0 Å². The largest absolute Gasteiger partial charge is 0.410 e. The number of nitrogens with one attached hydrogen (secondary N) is 1. The first kappa shape index (κ1) is 13.6. The molecule has 0 aliphatic rings.